The number of aryl methyl sites for hydroxylation is 1. The first-order valence-electron chi connectivity index (χ1n) is 10.3. The van der Waals surface area contributed by atoms with Gasteiger partial charge in [-0.2, -0.15) is 0 Å². The van der Waals surface area contributed by atoms with Gasteiger partial charge >= 0.3 is 0 Å². The second-order valence-electron chi connectivity index (χ2n) is 7.65. The van der Waals surface area contributed by atoms with Crippen molar-refractivity contribution in [2.45, 2.75) is 19.3 Å². The molecule has 0 radical (unpaired) electrons. The standard InChI is InChI=1S/C23H21N7O2/c1-14-16(7-4-10-24-14)27-23-25-11-8-18(28-23)17-5-3-6-19(26-17)21-13-20(29-32-21)15-9-12-30(2)22(15)31/h3-8,10-11,13,15H,9,12H2,1-2H3,(H,25,27,28)/t15-/m0/s1. The highest BCUT2D eigenvalue weighted by atomic mass is 16.5. The number of aromatic nitrogens is 5. The fraction of sp³-hybridized carbons (Fsp3) is 0.217. The molecule has 0 bridgehead atoms. The number of nitrogens with one attached hydrogen (secondary N) is 1. The van der Waals surface area contributed by atoms with Gasteiger partial charge in [0.05, 0.1) is 34.4 Å². The van der Waals surface area contributed by atoms with Crippen LogP contribution < -0.4 is 5.32 Å². The molecule has 1 aliphatic rings. The van der Waals surface area contributed by atoms with E-state index in [1.807, 2.05) is 37.3 Å². The lowest BCUT2D eigenvalue weighted by atomic mass is 10.0. The molecule has 0 saturated carbocycles. The maximum absolute atomic E-state index is 12.3. The Morgan fingerprint density at radius 1 is 1.03 bits per heavy atom. The lowest BCUT2D eigenvalue weighted by Gasteiger charge is -2.08. The van der Waals surface area contributed by atoms with E-state index in [1.165, 1.54) is 0 Å². The molecule has 0 aliphatic carbocycles. The molecule has 9 nitrogen and oxygen atoms in total. The van der Waals surface area contributed by atoms with E-state index in [2.05, 4.69) is 25.4 Å². The van der Waals surface area contributed by atoms with Crippen molar-refractivity contribution in [2.24, 2.45) is 0 Å². The molecule has 1 aliphatic heterocycles. The van der Waals surface area contributed by atoms with Gasteiger partial charge in [0.1, 0.15) is 5.69 Å². The summed E-state index contributed by atoms with van der Waals surface area (Å²) < 4.78 is 5.52. The summed E-state index contributed by atoms with van der Waals surface area (Å²) in [6.07, 6.45) is 4.16. The number of rotatable bonds is 5. The summed E-state index contributed by atoms with van der Waals surface area (Å²) in [6.45, 7) is 2.64. The van der Waals surface area contributed by atoms with Gasteiger partial charge in [0.2, 0.25) is 11.9 Å². The van der Waals surface area contributed by atoms with Gasteiger partial charge in [-0.1, -0.05) is 11.2 Å². The van der Waals surface area contributed by atoms with Crippen LogP contribution in [0.3, 0.4) is 0 Å². The number of likely N-dealkylation sites (N-methyl/N-ethyl adjacent to an activating group) is 1. The third kappa shape index (κ3) is 3.80. The molecule has 0 aromatic carbocycles. The number of pyridine rings is 2. The predicted octanol–water partition coefficient (Wildman–Crippen LogP) is 3.59. The first kappa shape index (κ1) is 19.8. The van der Waals surface area contributed by atoms with Crippen LogP contribution in [0.2, 0.25) is 0 Å². The first-order chi connectivity index (χ1) is 15.6. The highest BCUT2D eigenvalue weighted by Crippen LogP contribution is 2.30. The maximum Gasteiger partial charge on any atom is 0.231 e. The summed E-state index contributed by atoms with van der Waals surface area (Å²) in [5, 5.41) is 7.32. The Labute approximate surface area is 184 Å². The normalized spacial score (nSPS) is 15.9. The van der Waals surface area contributed by atoms with Crippen LogP contribution >= 0.6 is 0 Å². The zero-order valence-electron chi connectivity index (χ0n) is 17.7. The molecule has 1 saturated heterocycles. The van der Waals surface area contributed by atoms with Crippen LogP contribution in [-0.4, -0.2) is 49.5 Å². The summed E-state index contributed by atoms with van der Waals surface area (Å²) in [6, 6.07) is 13.0. The smallest absolute Gasteiger partial charge is 0.231 e. The van der Waals surface area contributed by atoms with Crippen LogP contribution in [-0.2, 0) is 4.79 Å². The highest BCUT2D eigenvalue weighted by molar-refractivity contribution is 5.85. The van der Waals surface area contributed by atoms with Gasteiger partial charge < -0.3 is 14.7 Å². The predicted molar refractivity (Wildman–Crippen MR) is 118 cm³/mol. The van der Waals surface area contributed by atoms with Crippen molar-refractivity contribution in [3.8, 4) is 22.8 Å². The molecule has 0 unspecified atom stereocenters. The number of carbonyl (C=O) groups is 1. The van der Waals surface area contributed by atoms with Crippen LogP contribution in [0.1, 0.15) is 23.7 Å². The Morgan fingerprint density at radius 2 is 1.88 bits per heavy atom. The third-order valence-electron chi connectivity index (χ3n) is 5.49. The second-order valence-corrected chi connectivity index (χ2v) is 7.65. The van der Waals surface area contributed by atoms with E-state index in [0.717, 1.165) is 24.3 Å². The van der Waals surface area contributed by atoms with Gasteiger partial charge in [-0.25, -0.2) is 15.0 Å². The zero-order valence-corrected chi connectivity index (χ0v) is 17.7. The van der Waals surface area contributed by atoms with Gasteiger partial charge in [0, 0.05) is 32.1 Å². The van der Waals surface area contributed by atoms with Crippen molar-refractivity contribution in [3.63, 3.8) is 0 Å². The molecule has 1 amide bonds. The number of hydrogen-bond acceptors (Lipinski definition) is 8. The molecule has 32 heavy (non-hydrogen) atoms. The minimum absolute atomic E-state index is 0.0661. The summed E-state index contributed by atoms with van der Waals surface area (Å²) in [5.41, 5.74) is 4.30. The summed E-state index contributed by atoms with van der Waals surface area (Å²) in [4.78, 5) is 31.8. The topological polar surface area (TPSA) is 110 Å². The Balaban J connectivity index is 1.40. The van der Waals surface area contributed by atoms with E-state index in [1.54, 1.807) is 36.5 Å². The minimum Gasteiger partial charge on any atom is -0.354 e. The molecule has 1 N–H and O–H groups in total. The van der Waals surface area contributed by atoms with Crippen molar-refractivity contribution >= 4 is 17.5 Å². The summed E-state index contributed by atoms with van der Waals surface area (Å²) >= 11 is 0. The number of amides is 1. The monoisotopic (exact) mass is 427 g/mol. The molecule has 160 valence electrons. The van der Waals surface area contributed by atoms with Crippen molar-refractivity contribution < 1.29 is 9.32 Å². The number of nitrogens with zero attached hydrogens (tertiary/aromatic N) is 6. The molecular formula is C23H21N7O2. The van der Waals surface area contributed by atoms with Crippen LogP contribution in [0.25, 0.3) is 22.8 Å². The lowest BCUT2D eigenvalue weighted by Crippen LogP contribution is -2.21. The molecule has 4 aromatic heterocycles. The van der Waals surface area contributed by atoms with Crippen LogP contribution in [0, 0.1) is 6.92 Å². The van der Waals surface area contributed by atoms with E-state index in [-0.39, 0.29) is 11.8 Å². The first-order valence-corrected chi connectivity index (χ1v) is 10.3. The Hall–Kier alpha value is -4.14. The molecule has 0 spiro atoms. The second kappa shape index (κ2) is 8.18. The summed E-state index contributed by atoms with van der Waals surface area (Å²) in [5.74, 6) is 0.780. The van der Waals surface area contributed by atoms with Crippen molar-refractivity contribution in [1.82, 2.24) is 30.0 Å². The van der Waals surface area contributed by atoms with Gasteiger partial charge in [-0.05, 0) is 43.7 Å². The maximum atomic E-state index is 12.3. The Morgan fingerprint density at radius 3 is 2.69 bits per heavy atom. The SMILES string of the molecule is Cc1ncccc1Nc1nccc(-c2cccc(-c3cc([C@@H]4CCN(C)C4=O)no3)n2)n1. The van der Waals surface area contributed by atoms with Crippen molar-refractivity contribution in [2.75, 3.05) is 18.9 Å². The number of carbonyl (C=O) groups excluding carboxylic acids is 1. The zero-order chi connectivity index (χ0) is 22.1. The fourth-order valence-electron chi connectivity index (χ4n) is 3.68. The van der Waals surface area contributed by atoms with E-state index in [9.17, 15) is 4.79 Å². The number of hydrogen-bond donors (Lipinski definition) is 1. The van der Waals surface area contributed by atoms with Crippen LogP contribution in [0.5, 0.6) is 0 Å². The van der Waals surface area contributed by atoms with Gasteiger partial charge in [-0.3, -0.25) is 9.78 Å². The Bertz CT molecular complexity index is 1290. The van der Waals surface area contributed by atoms with Crippen molar-refractivity contribution in [3.05, 3.63) is 66.2 Å². The molecule has 5 heterocycles. The molecule has 1 fully saturated rings. The van der Waals surface area contributed by atoms with E-state index < -0.39 is 0 Å². The number of likely N-dealkylation sites (tertiary alicyclic amines) is 1. The average molecular weight is 427 g/mol. The van der Waals surface area contributed by atoms with Gasteiger partial charge in [-0.15, -0.1) is 0 Å². The number of anilines is 2. The van der Waals surface area contributed by atoms with Crippen LogP contribution in [0.15, 0.2) is 59.4 Å². The molecule has 9 heteroatoms. The van der Waals surface area contributed by atoms with E-state index in [0.29, 0.717) is 34.5 Å². The minimum atomic E-state index is -0.257. The highest BCUT2D eigenvalue weighted by Gasteiger charge is 2.33. The third-order valence-corrected chi connectivity index (χ3v) is 5.49. The van der Waals surface area contributed by atoms with Gasteiger partial charge in [0.15, 0.2) is 5.76 Å². The Kier molecular flexibility index (Phi) is 5.06. The van der Waals surface area contributed by atoms with Crippen molar-refractivity contribution in [1.29, 1.82) is 0 Å². The van der Waals surface area contributed by atoms with E-state index in [4.69, 9.17) is 9.51 Å². The molecule has 5 rings (SSSR count). The molecular weight excluding hydrogens is 406 g/mol. The fourth-order valence-corrected chi connectivity index (χ4v) is 3.68. The quantitative estimate of drug-likeness (QED) is 0.515. The van der Waals surface area contributed by atoms with Crippen LogP contribution in [0.4, 0.5) is 11.6 Å². The average Bonchev–Trinajstić information content (AvgIpc) is 3.43. The lowest BCUT2D eigenvalue weighted by molar-refractivity contribution is -0.127. The van der Waals surface area contributed by atoms with Gasteiger partial charge in [0.25, 0.3) is 0 Å². The van der Waals surface area contributed by atoms with E-state index >= 15 is 0 Å². The summed E-state index contributed by atoms with van der Waals surface area (Å²) in [7, 11) is 1.80. The molecule has 4 aromatic rings. The largest absolute Gasteiger partial charge is 0.354 e. The molecule has 1 atom stereocenters.